The Hall–Kier alpha value is -2.64. The number of nitriles is 1. The fraction of sp³-hybridized carbons (Fsp3) is 0.333. The van der Waals surface area contributed by atoms with Crippen molar-refractivity contribution in [3.63, 3.8) is 0 Å². The third-order valence-electron chi connectivity index (χ3n) is 4.63. The van der Waals surface area contributed by atoms with Gasteiger partial charge in [0.2, 0.25) is 0 Å². The Balaban J connectivity index is 1.43. The second kappa shape index (κ2) is 8.46. The molecule has 4 nitrogen and oxygen atoms in total. The molecule has 1 heterocycles. The zero-order chi connectivity index (χ0) is 17.5. The lowest BCUT2D eigenvalue weighted by molar-refractivity contribution is 0.0478. The van der Waals surface area contributed by atoms with Crippen molar-refractivity contribution < 1.29 is 9.53 Å². The van der Waals surface area contributed by atoms with Crippen LogP contribution in [0.25, 0.3) is 0 Å². The Morgan fingerprint density at radius 2 is 1.76 bits per heavy atom. The Morgan fingerprint density at radius 1 is 1.08 bits per heavy atom. The molecular formula is C21H22N2O2. The molecule has 1 aliphatic heterocycles. The average molecular weight is 334 g/mol. The summed E-state index contributed by atoms with van der Waals surface area (Å²) in [7, 11) is 0. The molecule has 0 radical (unpaired) electrons. The molecule has 0 N–H and O–H groups in total. The fourth-order valence-corrected chi connectivity index (χ4v) is 3.09. The highest BCUT2D eigenvalue weighted by Gasteiger charge is 2.23. The van der Waals surface area contributed by atoms with E-state index in [9.17, 15) is 4.79 Å². The normalized spacial score (nSPS) is 14.9. The summed E-state index contributed by atoms with van der Waals surface area (Å²) in [5, 5.41) is 8.83. The minimum absolute atomic E-state index is 0.0492. The van der Waals surface area contributed by atoms with E-state index in [0.717, 1.165) is 32.5 Å². The zero-order valence-corrected chi connectivity index (χ0v) is 14.2. The smallest absolute Gasteiger partial charge is 0.253 e. The van der Waals surface area contributed by atoms with Gasteiger partial charge in [-0.25, -0.2) is 0 Å². The summed E-state index contributed by atoms with van der Waals surface area (Å²) in [4.78, 5) is 14.4. The maximum atomic E-state index is 12.5. The van der Waals surface area contributed by atoms with Crippen LogP contribution >= 0.6 is 0 Å². The number of amides is 1. The number of carbonyl (C=O) groups excluding carboxylic acids is 1. The highest BCUT2D eigenvalue weighted by molar-refractivity contribution is 5.94. The minimum Gasteiger partial charge on any atom is -0.376 e. The minimum atomic E-state index is 0.0492. The van der Waals surface area contributed by atoms with Gasteiger partial charge in [-0.1, -0.05) is 30.3 Å². The first-order valence-corrected chi connectivity index (χ1v) is 8.67. The van der Waals surface area contributed by atoms with Crippen molar-refractivity contribution in [2.45, 2.75) is 19.4 Å². The summed E-state index contributed by atoms with van der Waals surface area (Å²) >= 11 is 0. The lowest BCUT2D eigenvalue weighted by atomic mass is 9.97. The number of benzene rings is 2. The van der Waals surface area contributed by atoms with Gasteiger partial charge in [0.15, 0.2) is 0 Å². The first kappa shape index (κ1) is 17.2. The molecule has 1 amide bonds. The highest BCUT2D eigenvalue weighted by Crippen LogP contribution is 2.20. The van der Waals surface area contributed by atoms with Crippen molar-refractivity contribution in [3.8, 4) is 6.07 Å². The summed E-state index contributed by atoms with van der Waals surface area (Å²) in [6, 6.07) is 19.1. The molecule has 128 valence electrons. The Bertz CT molecular complexity index is 727. The molecule has 25 heavy (non-hydrogen) atoms. The predicted octanol–water partition coefficient (Wildman–Crippen LogP) is 3.63. The van der Waals surface area contributed by atoms with Gasteiger partial charge in [-0.3, -0.25) is 4.79 Å². The number of ether oxygens (including phenoxy) is 1. The van der Waals surface area contributed by atoms with Crippen molar-refractivity contribution in [1.82, 2.24) is 4.90 Å². The lowest BCUT2D eigenvalue weighted by Crippen LogP contribution is -2.39. The van der Waals surface area contributed by atoms with E-state index in [1.165, 1.54) is 5.56 Å². The molecule has 0 unspecified atom stereocenters. The van der Waals surface area contributed by atoms with Crippen LogP contribution in [0.5, 0.6) is 0 Å². The first-order valence-electron chi connectivity index (χ1n) is 8.67. The van der Waals surface area contributed by atoms with Crippen molar-refractivity contribution in [2.75, 3.05) is 19.7 Å². The Kier molecular flexibility index (Phi) is 5.81. The maximum absolute atomic E-state index is 12.5. The Morgan fingerprint density at radius 3 is 2.40 bits per heavy atom. The standard InChI is InChI=1S/C21H22N2O2/c22-14-17-6-8-20(9-7-17)21(24)23-12-10-19(11-13-23)16-25-15-18-4-2-1-3-5-18/h1-9,19H,10-13,15-16H2. The number of hydrogen-bond donors (Lipinski definition) is 0. The van der Waals surface area contributed by atoms with E-state index in [1.54, 1.807) is 24.3 Å². The van der Waals surface area contributed by atoms with Gasteiger partial charge in [0.05, 0.1) is 18.2 Å². The molecule has 0 spiro atoms. The molecule has 0 aliphatic carbocycles. The number of likely N-dealkylation sites (tertiary alicyclic amines) is 1. The van der Waals surface area contributed by atoms with E-state index >= 15 is 0 Å². The Labute approximate surface area is 148 Å². The molecule has 4 heteroatoms. The summed E-state index contributed by atoms with van der Waals surface area (Å²) in [6.07, 6.45) is 1.94. The van der Waals surface area contributed by atoms with E-state index < -0.39 is 0 Å². The van der Waals surface area contributed by atoms with Crippen LogP contribution in [0, 0.1) is 17.2 Å². The van der Waals surface area contributed by atoms with Gasteiger partial charge >= 0.3 is 0 Å². The van der Waals surface area contributed by atoms with Crippen molar-refractivity contribution in [1.29, 1.82) is 5.26 Å². The van der Waals surface area contributed by atoms with Crippen LogP contribution < -0.4 is 0 Å². The summed E-state index contributed by atoms with van der Waals surface area (Å²) in [5.41, 5.74) is 2.42. The topological polar surface area (TPSA) is 53.3 Å². The molecule has 2 aromatic carbocycles. The fourth-order valence-electron chi connectivity index (χ4n) is 3.09. The van der Waals surface area contributed by atoms with Gasteiger partial charge in [-0.2, -0.15) is 5.26 Å². The van der Waals surface area contributed by atoms with Gasteiger partial charge in [0.25, 0.3) is 5.91 Å². The molecule has 0 atom stereocenters. The number of piperidine rings is 1. The van der Waals surface area contributed by atoms with Crippen molar-refractivity contribution >= 4 is 5.91 Å². The summed E-state index contributed by atoms with van der Waals surface area (Å²) in [5.74, 6) is 0.557. The van der Waals surface area contributed by atoms with Crippen LogP contribution in [0.1, 0.15) is 34.3 Å². The van der Waals surface area contributed by atoms with Gasteiger partial charge < -0.3 is 9.64 Å². The molecule has 1 saturated heterocycles. The van der Waals surface area contributed by atoms with E-state index in [4.69, 9.17) is 10.00 Å². The largest absolute Gasteiger partial charge is 0.376 e. The van der Waals surface area contributed by atoms with Gasteiger partial charge in [-0.15, -0.1) is 0 Å². The molecule has 2 aromatic rings. The van der Waals surface area contributed by atoms with Crippen LogP contribution in [-0.4, -0.2) is 30.5 Å². The van der Waals surface area contributed by atoms with Crippen LogP contribution in [-0.2, 0) is 11.3 Å². The number of carbonyl (C=O) groups is 1. The first-order chi connectivity index (χ1) is 12.3. The second-order valence-electron chi connectivity index (χ2n) is 6.43. The maximum Gasteiger partial charge on any atom is 0.253 e. The number of rotatable bonds is 5. The molecular weight excluding hydrogens is 312 g/mol. The number of nitrogens with zero attached hydrogens (tertiary/aromatic N) is 2. The van der Waals surface area contributed by atoms with Gasteiger partial charge in [-0.05, 0) is 48.6 Å². The lowest BCUT2D eigenvalue weighted by Gasteiger charge is -2.32. The molecule has 0 bridgehead atoms. The second-order valence-corrected chi connectivity index (χ2v) is 6.43. The highest BCUT2D eigenvalue weighted by atomic mass is 16.5. The quantitative estimate of drug-likeness (QED) is 0.839. The molecule has 0 saturated carbocycles. The van der Waals surface area contributed by atoms with E-state index in [-0.39, 0.29) is 5.91 Å². The predicted molar refractivity (Wildman–Crippen MR) is 95.9 cm³/mol. The van der Waals surface area contributed by atoms with Crippen molar-refractivity contribution in [3.05, 3.63) is 71.3 Å². The summed E-state index contributed by atoms with van der Waals surface area (Å²) in [6.45, 7) is 2.91. The van der Waals surface area contributed by atoms with Crippen LogP contribution in [0.4, 0.5) is 0 Å². The third kappa shape index (κ3) is 4.68. The van der Waals surface area contributed by atoms with E-state index in [1.807, 2.05) is 23.1 Å². The van der Waals surface area contributed by atoms with E-state index in [0.29, 0.717) is 23.7 Å². The average Bonchev–Trinajstić information content (AvgIpc) is 2.69. The monoisotopic (exact) mass is 334 g/mol. The summed E-state index contributed by atoms with van der Waals surface area (Å²) < 4.78 is 5.83. The van der Waals surface area contributed by atoms with Gasteiger partial charge in [0, 0.05) is 25.3 Å². The zero-order valence-electron chi connectivity index (χ0n) is 14.2. The van der Waals surface area contributed by atoms with Gasteiger partial charge in [0.1, 0.15) is 0 Å². The molecule has 0 aromatic heterocycles. The van der Waals surface area contributed by atoms with Crippen LogP contribution in [0.3, 0.4) is 0 Å². The van der Waals surface area contributed by atoms with Crippen LogP contribution in [0.2, 0.25) is 0 Å². The third-order valence-corrected chi connectivity index (χ3v) is 4.63. The molecule has 3 rings (SSSR count). The van der Waals surface area contributed by atoms with Crippen molar-refractivity contribution in [2.24, 2.45) is 5.92 Å². The molecule has 1 fully saturated rings. The number of hydrogen-bond acceptors (Lipinski definition) is 3. The van der Waals surface area contributed by atoms with Crippen LogP contribution in [0.15, 0.2) is 54.6 Å². The van der Waals surface area contributed by atoms with E-state index in [2.05, 4.69) is 18.2 Å². The SMILES string of the molecule is N#Cc1ccc(C(=O)N2CCC(COCc3ccccc3)CC2)cc1. The molecule has 1 aliphatic rings.